The first kappa shape index (κ1) is 17.2. The van der Waals surface area contributed by atoms with E-state index < -0.39 is 0 Å². The van der Waals surface area contributed by atoms with Crippen LogP contribution in [0.3, 0.4) is 0 Å². The minimum Gasteiger partial charge on any atom is -0.399 e. The van der Waals surface area contributed by atoms with E-state index >= 15 is 0 Å². The smallest absolute Gasteiger partial charge is 0.254 e. The Kier molecular flexibility index (Phi) is 5.46. The largest absolute Gasteiger partial charge is 0.399 e. The quantitative estimate of drug-likeness (QED) is 0.787. The predicted octanol–water partition coefficient (Wildman–Crippen LogP) is 3.22. The fourth-order valence-corrected chi connectivity index (χ4v) is 3.15. The van der Waals surface area contributed by atoms with Gasteiger partial charge in [-0.2, -0.15) is 0 Å². The summed E-state index contributed by atoms with van der Waals surface area (Å²) in [6.07, 6.45) is 0.676. The molecule has 3 rings (SSSR count). The third kappa shape index (κ3) is 3.88. The molecule has 1 fully saturated rings. The molecule has 0 spiro atoms. The molecular weight excluding hydrogens is 316 g/mol. The lowest BCUT2D eigenvalue weighted by molar-refractivity contribution is 0.0632. The summed E-state index contributed by atoms with van der Waals surface area (Å²) >= 11 is 0. The molecule has 1 aliphatic heterocycles. The molecule has 25 heavy (non-hydrogen) atoms. The summed E-state index contributed by atoms with van der Waals surface area (Å²) < 4.78 is 5.26. The Morgan fingerprint density at radius 2 is 1.76 bits per heavy atom. The number of methoxy groups -OCH3 is 1. The van der Waals surface area contributed by atoms with Crippen molar-refractivity contribution in [3.05, 3.63) is 60.2 Å². The Balaban J connectivity index is 1.78. The lowest BCUT2D eigenvalue weighted by Gasteiger charge is -2.23. The van der Waals surface area contributed by atoms with Crippen LogP contribution in [-0.2, 0) is 9.57 Å². The molecule has 0 N–H and O–H groups in total. The predicted molar refractivity (Wildman–Crippen MR) is 97.6 cm³/mol. The van der Waals surface area contributed by atoms with Crippen LogP contribution in [0.25, 0.3) is 11.1 Å². The molecule has 0 aromatic heterocycles. The maximum absolute atomic E-state index is 12.9. The Hall–Kier alpha value is -2.66. The Morgan fingerprint density at radius 3 is 2.40 bits per heavy atom. The van der Waals surface area contributed by atoms with E-state index in [9.17, 15) is 4.79 Å². The van der Waals surface area contributed by atoms with Crippen molar-refractivity contribution in [1.82, 2.24) is 4.90 Å². The van der Waals surface area contributed by atoms with Crippen molar-refractivity contribution in [1.29, 1.82) is 0 Å². The maximum atomic E-state index is 12.9. The molecule has 1 saturated heterocycles. The van der Waals surface area contributed by atoms with Crippen molar-refractivity contribution in [3.8, 4) is 11.1 Å². The highest BCUT2D eigenvalue weighted by atomic mass is 16.6. The van der Waals surface area contributed by atoms with Crippen LogP contribution in [0, 0.1) is 0 Å². The first-order valence-corrected chi connectivity index (χ1v) is 8.27. The van der Waals surface area contributed by atoms with Gasteiger partial charge in [0, 0.05) is 19.1 Å². The van der Waals surface area contributed by atoms with E-state index in [2.05, 4.69) is 17.3 Å². The molecule has 0 saturated carbocycles. The molecule has 130 valence electrons. The standard InChI is InChI=1S/C20H22N2O3/c1-24-14-19-12-18(21-25-2)13-22(19)20(23)17-10-8-16(9-11-17)15-6-4-3-5-7-15/h3-11,19H,12-14H2,1-2H3/b21-18+/t19-/m0/s1. The number of carbonyl (C=O) groups is 1. The zero-order valence-corrected chi connectivity index (χ0v) is 14.5. The van der Waals surface area contributed by atoms with E-state index in [4.69, 9.17) is 9.57 Å². The van der Waals surface area contributed by atoms with Gasteiger partial charge >= 0.3 is 0 Å². The molecular formula is C20H22N2O3. The second-order valence-electron chi connectivity index (χ2n) is 6.03. The van der Waals surface area contributed by atoms with Crippen LogP contribution < -0.4 is 0 Å². The molecule has 0 unspecified atom stereocenters. The van der Waals surface area contributed by atoms with Crippen LogP contribution in [-0.4, -0.2) is 49.9 Å². The summed E-state index contributed by atoms with van der Waals surface area (Å²) in [5.74, 6) is -0.0111. The average molecular weight is 338 g/mol. The first-order chi connectivity index (χ1) is 12.2. The molecule has 0 aliphatic carbocycles. The van der Waals surface area contributed by atoms with Crippen molar-refractivity contribution in [2.24, 2.45) is 5.16 Å². The fourth-order valence-electron chi connectivity index (χ4n) is 3.15. The summed E-state index contributed by atoms with van der Waals surface area (Å²) in [6, 6.07) is 17.8. The molecule has 0 bridgehead atoms. The minimum atomic E-state index is -0.0137. The summed E-state index contributed by atoms with van der Waals surface area (Å²) in [5.41, 5.74) is 3.75. The van der Waals surface area contributed by atoms with Gasteiger partial charge in [-0.3, -0.25) is 4.79 Å². The van der Waals surface area contributed by atoms with Gasteiger partial charge < -0.3 is 14.5 Å². The number of hydrogen-bond acceptors (Lipinski definition) is 4. The molecule has 1 aliphatic rings. The third-order valence-corrected chi connectivity index (χ3v) is 4.34. The Morgan fingerprint density at radius 1 is 1.08 bits per heavy atom. The molecule has 2 aromatic carbocycles. The second-order valence-corrected chi connectivity index (χ2v) is 6.03. The molecule has 5 nitrogen and oxygen atoms in total. The van der Waals surface area contributed by atoms with Crippen LogP contribution in [0.5, 0.6) is 0 Å². The molecule has 5 heteroatoms. The SMILES string of the molecule is COC[C@@H]1C/C(=N\OC)CN1C(=O)c1ccc(-c2ccccc2)cc1. The number of amides is 1. The van der Waals surface area contributed by atoms with E-state index in [1.165, 1.54) is 7.11 Å². The lowest BCUT2D eigenvalue weighted by atomic mass is 10.0. The highest BCUT2D eigenvalue weighted by molar-refractivity contribution is 6.00. The average Bonchev–Trinajstić information content (AvgIpc) is 3.05. The van der Waals surface area contributed by atoms with Gasteiger partial charge in [-0.1, -0.05) is 47.6 Å². The summed E-state index contributed by atoms with van der Waals surface area (Å²) in [5, 5.41) is 4.00. The van der Waals surface area contributed by atoms with Crippen LogP contribution in [0.1, 0.15) is 16.8 Å². The van der Waals surface area contributed by atoms with Crippen LogP contribution in [0.15, 0.2) is 59.8 Å². The molecule has 0 radical (unpaired) electrons. The third-order valence-electron chi connectivity index (χ3n) is 4.34. The topological polar surface area (TPSA) is 51.1 Å². The van der Waals surface area contributed by atoms with E-state index in [0.29, 0.717) is 25.1 Å². The van der Waals surface area contributed by atoms with Gasteiger partial charge in [0.25, 0.3) is 5.91 Å². The summed E-state index contributed by atoms with van der Waals surface area (Å²) in [7, 11) is 3.16. The Labute approximate surface area is 147 Å². The Bertz CT molecular complexity index is 741. The number of ether oxygens (including phenoxy) is 1. The van der Waals surface area contributed by atoms with Crippen molar-refractivity contribution >= 4 is 11.6 Å². The zero-order valence-electron chi connectivity index (χ0n) is 14.5. The first-order valence-electron chi connectivity index (χ1n) is 8.27. The van der Waals surface area contributed by atoms with Gasteiger partial charge in [0.05, 0.1) is 24.9 Å². The number of nitrogens with zero attached hydrogens (tertiary/aromatic N) is 2. The molecule has 1 heterocycles. The van der Waals surface area contributed by atoms with Crippen molar-refractivity contribution in [2.75, 3.05) is 27.4 Å². The summed E-state index contributed by atoms with van der Waals surface area (Å²) in [4.78, 5) is 19.6. The van der Waals surface area contributed by atoms with E-state index in [-0.39, 0.29) is 11.9 Å². The molecule has 2 aromatic rings. The number of likely N-dealkylation sites (tertiary alicyclic amines) is 1. The van der Waals surface area contributed by atoms with Crippen LogP contribution in [0.2, 0.25) is 0 Å². The maximum Gasteiger partial charge on any atom is 0.254 e. The van der Waals surface area contributed by atoms with E-state index in [0.717, 1.165) is 16.8 Å². The lowest BCUT2D eigenvalue weighted by Crippen LogP contribution is -2.38. The van der Waals surface area contributed by atoms with E-state index in [1.807, 2.05) is 42.5 Å². The highest BCUT2D eigenvalue weighted by Crippen LogP contribution is 2.23. The molecule has 1 atom stereocenters. The molecule has 1 amide bonds. The monoisotopic (exact) mass is 338 g/mol. The number of oxime groups is 1. The van der Waals surface area contributed by atoms with Crippen LogP contribution >= 0.6 is 0 Å². The highest BCUT2D eigenvalue weighted by Gasteiger charge is 2.33. The van der Waals surface area contributed by atoms with Gasteiger partial charge in [-0.05, 0) is 23.3 Å². The van der Waals surface area contributed by atoms with Crippen molar-refractivity contribution < 1.29 is 14.4 Å². The normalized spacial score (nSPS) is 18.6. The van der Waals surface area contributed by atoms with Gasteiger partial charge in [0.1, 0.15) is 7.11 Å². The van der Waals surface area contributed by atoms with Gasteiger partial charge in [-0.25, -0.2) is 0 Å². The van der Waals surface area contributed by atoms with Gasteiger partial charge in [0.2, 0.25) is 0 Å². The van der Waals surface area contributed by atoms with Gasteiger partial charge in [-0.15, -0.1) is 0 Å². The minimum absolute atomic E-state index is 0.0111. The van der Waals surface area contributed by atoms with Gasteiger partial charge in [0.15, 0.2) is 0 Å². The number of hydrogen-bond donors (Lipinski definition) is 0. The van der Waals surface area contributed by atoms with Crippen LogP contribution in [0.4, 0.5) is 0 Å². The second kappa shape index (κ2) is 7.94. The van der Waals surface area contributed by atoms with Crippen molar-refractivity contribution in [3.63, 3.8) is 0 Å². The zero-order chi connectivity index (χ0) is 17.6. The summed E-state index contributed by atoms with van der Waals surface area (Å²) in [6.45, 7) is 0.956. The number of benzene rings is 2. The number of carbonyl (C=O) groups excluding carboxylic acids is 1. The number of rotatable bonds is 5. The van der Waals surface area contributed by atoms with Crippen molar-refractivity contribution in [2.45, 2.75) is 12.5 Å². The fraction of sp³-hybridized carbons (Fsp3) is 0.300. The van der Waals surface area contributed by atoms with E-state index in [1.54, 1.807) is 12.0 Å².